The smallest absolute Gasteiger partial charge is 0.277 e. The molecule has 1 fully saturated rings. The molecule has 0 atom stereocenters. The maximum Gasteiger partial charge on any atom is 0.277 e. The third-order valence-corrected chi connectivity index (χ3v) is 5.48. The van der Waals surface area contributed by atoms with Crippen molar-refractivity contribution in [3.63, 3.8) is 0 Å². The lowest BCUT2D eigenvalue weighted by Gasteiger charge is -2.42. The van der Waals surface area contributed by atoms with Crippen molar-refractivity contribution in [3.8, 4) is 5.75 Å². The van der Waals surface area contributed by atoms with E-state index < -0.39 is 64.6 Å². The molecule has 4 rings (SSSR count). The summed E-state index contributed by atoms with van der Waals surface area (Å²) in [5, 5.41) is 14.0. The van der Waals surface area contributed by atoms with E-state index in [4.69, 9.17) is 0 Å². The van der Waals surface area contributed by atoms with Crippen molar-refractivity contribution in [2.24, 2.45) is 0 Å². The molecule has 2 N–H and O–H groups in total. The first kappa shape index (κ1) is 21.7. The zero-order valence-corrected chi connectivity index (χ0v) is 16.6. The lowest BCUT2D eigenvalue weighted by molar-refractivity contribution is -0.0302. The third kappa shape index (κ3) is 3.87. The molecule has 170 valence electrons. The fourth-order valence-electron chi connectivity index (χ4n) is 3.65. The Morgan fingerprint density at radius 2 is 1.88 bits per heavy atom. The van der Waals surface area contributed by atoms with E-state index >= 15 is 0 Å². The topological polar surface area (TPSA) is 94.9 Å². The first-order valence-corrected chi connectivity index (χ1v) is 9.70. The maximum absolute atomic E-state index is 13.9. The standard InChI is InChI=1S/C20H18F4N4O4/c21-12-2-1-11(14(22)7-12)8-25-18(31)13-9-28-15(17(30)16(13)29)19(32)26-5-3-20(23,24)4-6-27(28)10-26/h1-2,7,9,30H,3-6,8,10H2,(H,25,31). The summed E-state index contributed by atoms with van der Waals surface area (Å²) in [6, 6.07) is 2.76. The Balaban J connectivity index is 1.66. The Morgan fingerprint density at radius 3 is 2.59 bits per heavy atom. The number of nitrogens with one attached hydrogen (secondary N) is 1. The van der Waals surface area contributed by atoms with Gasteiger partial charge in [0.05, 0.1) is 0 Å². The van der Waals surface area contributed by atoms with E-state index in [-0.39, 0.29) is 31.9 Å². The Hall–Kier alpha value is -3.57. The van der Waals surface area contributed by atoms with Crippen molar-refractivity contribution in [3.05, 3.63) is 63.1 Å². The van der Waals surface area contributed by atoms with Gasteiger partial charge in [-0.05, 0) is 6.07 Å². The van der Waals surface area contributed by atoms with E-state index in [1.54, 1.807) is 0 Å². The second kappa shape index (κ2) is 7.84. The van der Waals surface area contributed by atoms with Crippen molar-refractivity contribution in [2.75, 3.05) is 24.8 Å². The van der Waals surface area contributed by atoms with Gasteiger partial charge in [-0.1, -0.05) is 6.07 Å². The molecule has 0 aliphatic carbocycles. The van der Waals surface area contributed by atoms with Gasteiger partial charge in [-0.25, -0.2) is 17.6 Å². The van der Waals surface area contributed by atoms with Crippen LogP contribution < -0.4 is 15.8 Å². The van der Waals surface area contributed by atoms with Crippen molar-refractivity contribution >= 4 is 11.8 Å². The molecule has 0 saturated carbocycles. The highest BCUT2D eigenvalue weighted by Crippen LogP contribution is 2.29. The Labute approximate surface area is 178 Å². The number of alkyl halides is 2. The van der Waals surface area contributed by atoms with Crippen LogP contribution in [-0.4, -0.2) is 52.2 Å². The van der Waals surface area contributed by atoms with E-state index in [1.165, 1.54) is 5.01 Å². The largest absolute Gasteiger partial charge is 0.502 e. The van der Waals surface area contributed by atoms with E-state index in [9.17, 15) is 37.1 Å². The van der Waals surface area contributed by atoms with Gasteiger partial charge in [-0.15, -0.1) is 0 Å². The first-order valence-electron chi connectivity index (χ1n) is 9.70. The number of amides is 2. The van der Waals surface area contributed by atoms with Crippen LogP contribution in [0.15, 0.2) is 29.2 Å². The number of carbonyl (C=O) groups is 2. The second-order valence-electron chi connectivity index (χ2n) is 7.63. The van der Waals surface area contributed by atoms with Crippen molar-refractivity contribution in [2.45, 2.75) is 25.3 Å². The van der Waals surface area contributed by atoms with Crippen LogP contribution in [0.2, 0.25) is 0 Å². The summed E-state index contributed by atoms with van der Waals surface area (Å²) in [6.45, 7) is -0.906. The molecule has 2 bridgehead atoms. The molecule has 32 heavy (non-hydrogen) atoms. The molecule has 12 heteroatoms. The molecule has 1 aromatic heterocycles. The van der Waals surface area contributed by atoms with Crippen LogP contribution >= 0.6 is 0 Å². The van der Waals surface area contributed by atoms with Crippen LogP contribution in [0.4, 0.5) is 17.6 Å². The number of nitrogens with zero attached hydrogens (tertiary/aromatic N) is 3. The molecule has 1 aromatic carbocycles. The number of carbonyl (C=O) groups excluding carboxylic acids is 2. The second-order valence-corrected chi connectivity index (χ2v) is 7.63. The van der Waals surface area contributed by atoms with Gasteiger partial charge in [0.1, 0.15) is 23.9 Å². The first-order chi connectivity index (χ1) is 15.1. The Bertz CT molecular complexity index is 1170. The summed E-state index contributed by atoms with van der Waals surface area (Å²) in [7, 11) is 0. The van der Waals surface area contributed by atoms with Crippen LogP contribution in [0.25, 0.3) is 0 Å². The number of fused-ring (bicyclic) bond motifs is 4. The number of benzene rings is 1. The number of rotatable bonds is 3. The summed E-state index contributed by atoms with van der Waals surface area (Å²) >= 11 is 0. The zero-order valence-electron chi connectivity index (χ0n) is 16.6. The SMILES string of the molecule is O=C(NCc1ccc(F)cc1F)c1cn2c(c(O)c1=O)C(=O)N1CCC(F)(F)CCN2C1. The predicted molar refractivity (Wildman–Crippen MR) is 103 cm³/mol. The zero-order chi connectivity index (χ0) is 23.2. The van der Waals surface area contributed by atoms with Gasteiger partial charge < -0.3 is 15.3 Å². The van der Waals surface area contributed by atoms with Gasteiger partial charge in [0.25, 0.3) is 17.7 Å². The summed E-state index contributed by atoms with van der Waals surface area (Å²) < 4.78 is 55.7. The van der Waals surface area contributed by atoms with Crippen LogP contribution in [0.3, 0.4) is 0 Å². The van der Waals surface area contributed by atoms with Crippen LogP contribution in [0, 0.1) is 11.6 Å². The quantitative estimate of drug-likeness (QED) is 0.687. The summed E-state index contributed by atoms with van der Waals surface area (Å²) in [5.74, 6) is -7.49. The van der Waals surface area contributed by atoms with Crippen molar-refractivity contribution in [1.82, 2.24) is 14.9 Å². The average molecular weight is 454 g/mol. The molecular weight excluding hydrogens is 436 g/mol. The van der Waals surface area contributed by atoms with Gasteiger partial charge in [0, 0.05) is 50.3 Å². The molecule has 2 aliphatic rings. The van der Waals surface area contributed by atoms with Crippen LogP contribution in [-0.2, 0) is 6.54 Å². The predicted octanol–water partition coefficient (Wildman–Crippen LogP) is 1.54. The number of aromatic nitrogens is 1. The highest BCUT2D eigenvalue weighted by Gasteiger charge is 2.40. The number of pyridine rings is 1. The van der Waals surface area contributed by atoms with E-state index in [0.29, 0.717) is 6.07 Å². The van der Waals surface area contributed by atoms with Gasteiger partial charge in [-0.3, -0.25) is 24.1 Å². The van der Waals surface area contributed by atoms with Crippen LogP contribution in [0.1, 0.15) is 39.3 Å². The maximum atomic E-state index is 13.9. The minimum absolute atomic E-state index is 0.0427. The summed E-state index contributed by atoms with van der Waals surface area (Å²) in [4.78, 5) is 38.9. The van der Waals surface area contributed by atoms with Gasteiger partial charge >= 0.3 is 0 Å². The molecule has 0 spiro atoms. The fraction of sp³-hybridized carbons (Fsp3) is 0.350. The molecule has 3 heterocycles. The number of halogens is 4. The van der Waals surface area contributed by atoms with Crippen LogP contribution in [0.5, 0.6) is 5.75 Å². The molecular formula is C20H18F4N4O4. The minimum atomic E-state index is -3.00. The van der Waals surface area contributed by atoms with Gasteiger partial charge in [0.2, 0.25) is 5.43 Å². The summed E-state index contributed by atoms with van der Waals surface area (Å²) in [5.41, 5.74) is -2.17. The Kier molecular flexibility index (Phi) is 5.31. The number of hydrogen-bond donors (Lipinski definition) is 2. The Morgan fingerprint density at radius 1 is 1.16 bits per heavy atom. The number of aromatic hydroxyl groups is 1. The van der Waals surface area contributed by atoms with E-state index in [2.05, 4.69) is 5.32 Å². The van der Waals surface area contributed by atoms with Crippen molar-refractivity contribution in [1.29, 1.82) is 0 Å². The normalized spacial score (nSPS) is 17.4. The lowest BCUT2D eigenvalue weighted by atomic mass is 10.1. The van der Waals surface area contributed by atoms with E-state index in [0.717, 1.165) is 27.9 Å². The van der Waals surface area contributed by atoms with Gasteiger partial charge in [0.15, 0.2) is 11.4 Å². The van der Waals surface area contributed by atoms with E-state index in [1.807, 2.05) is 0 Å². The molecule has 8 nitrogen and oxygen atoms in total. The molecule has 0 radical (unpaired) electrons. The highest BCUT2D eigenvalue weighted by molar-refractivity contribution is 5.99. The fourth-order valence-corrected chi connectivity index (χ4v) is 3.65. The van der Waals surface area contributed by atoms with Crippen molar-refractivity contribution < 1.29 is 32.3 Å². The third-order valence-electron chi connectivity index (χ3n) is 5.48. The molecule has 2 aromatic rings. The average Bonchev–Trinajstić information content (AvgIpc) is 2.72. The number of hydrogen-bond acceptors (Lipinski definition) is 5. The highest BCUT2D eigenvalue weighted by atomic mass is 19.3. The minimum Gasteiger partial charge on any atom is -0.502 e. The van der Waals surface area contributed by atoms with Gasteiger partial charge in [-0.2, -0.15) is 0 Å². The molecule has 1 saturated heterocycles. The molecule has 0 unspecified atom stereocenters. The lowest BCUT2D eigenvalue weighted by Crippen LogP contribution is -2.57. The molecule has 2 amide bonds. The summed E-state index contributed by atoms with van der Waals surface area (Å²) in [6.07, 6.45) is -0.0759. The molecule has 2 aliphatic heterocycles. The monoisotopic (exact) mass is 454 g/mol.